The molecule has 7 nitrogen and oxygen atoms in total. The van der Waals surface area contributed by atoms with Gasteiger partial charge in [-0.3, -0.25) is 0 Å². The summed E-state index contributed by atoms with van der Waals surface area (Å²) in [4.78, 5) is 8.52. The fourth-order valence-electron chi connectivity index (χ4n) is 2.89. The SMILES string of the molecule is COc1ccc(Cn2nc(-c3ccc(N)cc3)c3c(N)ncnc32)cc1. The Morgan fingerprint density at radius 2 is 1.69 bits per heavy atom. The number of fused-ring (bicyclic) bond motifs is 1. The maximum absolute atomic E-state index is 6.12. The van der Waals surface area contributed by atoms with Crippen molar-refractivity contribution in [3.05, 3.63) is 60.4 Å². The molecule has 0 saturated carbocycles. The monoisotopic (exact) mass is 346 g/mol. The van der Waals surface area contributed by atoms with E-state index in [4.69, 9.17) is 21.3 Å². The summed E-state index contributed by atoms with van der Waals surface area (Å²) < 4.78 is 7.04. The molecule has 4 N–H and O–H groups in total. The van der Waals surface area contributed by atoms with Crippen molar-refractivity contribution in [2.24, 2.45) is 0 Å². The number of nitrogens with two attached hydrogens (primary N) is 2. The van der Waals surface area contributed by atoms with Crippen molar-refractivity contribution in [3.8, 4) is 17.0 Å². The highest BCUT2D eigenvalue weighted by molar-refractivity contribution is 5.98. The quantitative estimate of drug-likeness (QED) is 0.551. The van der Waals surface area contributed by atoms with Crippen LogP contribution in [0.3, 0.4) is 0 Å². The summed E-state index contributed by atoms with van der Waals surface area (Å²) in [5.41, 5.74) is 16.0. The number of methoxy groups -OCH3 is 1. The van der Waals surface area contributed by atoms with Crippen molar-refractivity contribution in [2.75, 3.05) is 18.6 Å². The summed E-state index contributed by atoms with van der Waals surface area (Å²) >= 11 is 0. The number of ether oxygens (including phenoxy) is 1. The molecule has 26 heavy (non-hydrogen) atoms. The summed E-state index contributed by atoms with van der Waals surface area (Å²) in [6, 6.07) is 15.4. The van der Waals surface area contributed by atoms with Gasteiger partial charge in [0.2, 0.25) is 0 Å². The molecule has 0 amide bonds. The lowest BCUT2D eigenvalue weighted by atomic mass is 10.1. The van der Waals surface area contributed by atoms with E-state index in [0.29, 0.717) is 23.7 Å². The first kappa shape index (κ1) is 15.9. The van der Waals surface area contributed by atoms with E-state index >= 15 is 0 Å². The van der Waals surface area contributed by atoms with Crippen LogP contribution in [0.5, 0.6) is 5.75 Å². The van der Waals surface area contributed by atoms with Crippen molar-refractivity contribution in [1.82, 2.24) is 19.7 Å². The van der Waals surface area contributed by atoms with Gasteiger partial charge in [-0.2, -0.15) is 5.10 Å². The number of hydrogen-bond acceptors (Lipinski definition) is 6. The Balaban J connectivity index is 1.82. The number of aromatic nitrogens is 4. The van der Waals surface area contributed by atoms with Gasteiger partial charge in [0.25, 0.3) is 0 Å². The van der Waals surface area contributed by atoms with Crippen molar-refractivity contribution in [3.63, 3.8) is 0 Å². The second kappa shape index (κ2) is 6.36. The second-order valence-corrected chi connectivity index (χ2v) is 5.93. The molecule has 2 heterocycles. The van der Waals surface area contributed by atoms with Gasteiger partial charge in [-0.15, -0.1) is 0 Å². The minimum absolute atomic E-state index is 0.405. The molecule has 0 bridgehead atoms. The molecule has 0 fully saturated rings. The van der Waals surface area contributed by atoms with Gasteiger partial charge in [-0.05, 0) is 29.8 Å². The molecule has 0 aliphatic carbocycles. The minimum atomic E-state index is 0.405. The Morgan fingerprint density at radius 1 is 0.962 bits per heavy atom. The van der Waals surface area contributed by atoms with E-state index in [1.165, 1.54) is 6.33 Å². The molecule has 0 spiro atoms. The summed E-state index contributed by atoms with van der Waals surface area (Å²) in [7, 11) is 1.65. The Labute approximate surface area is 150 Å². The first-order valence-electron chi connectivity index (χ1n) is 8.11. The van der Waals surface area contributed by atoms with Crippen molar-refractivity contribution in [1.29, 1.82) is 0 Å². The number of nitrogens with zero attached hydrogens (tertiary/aromatic N) is 4. The third kappa shape index (κ3) is 2.79. The van der Waals surface area contributed by atoms with Crippen LogP contribution in [0.2, 0.25) is 0 Å². The van der Waals surface area contributed by atoms with Crippen LogP contribution in [0, 0.1) is 0 Å². The van der Waals surface area contributed by atoms with Crippen molar-refractivity contribution >= 4 is 22.5 Å². The van der Waals surface area contributed by atoms with E-state index in [-0.39, 0.29) is 0 Å². The lowest BCUT2D eigenvalue weighted by Crippen LogP contribution is -2.03. The summed E-state index contributed by atoms with van der Waals surface area (Å²) in [6.45, 7) is 0.561. The smallest absolute Gasteiger partial charge is 0.164 e. The van der Waals surface area contributed by atoms with Gasteiger partial charge in [0.1, 0.15) is 23.6 Å². The van der Waals surface area contributed by atoms with Crippen LogP contribution in [-0.4, -0.2) is 26.9 Å². The third-order valence-electron chi connectivity index (χ3n) is 4.23. The molecule has 2 aromatic heterocycles. The molecular weight excluding hydrogens is 328 g/mol. The largest absolute Gasteiger partial charge is 0.497 e. The molecule has 0 aliphatic rings. The van der Waals surface area contributed by atoms with Crippen LogP contribution < -0.4 is 16.2 Å². The normalized spacial score (nSPS) is 11.0. The van der Waals surface area contributed by atoms with Crippen LogP contribution in [0.15, 0.2) is 54.9 Å². The highest BCUT2D eigenvalue weighted by Crippen LogP contribution is 2.30. The van der Waals surface area contributed by atoms with E-state index in [9.17, 15) is 0 Å². The van der Waals surface area contributed by atoms with Gasteiger partial charge < -0.3 is 16.2 Å². The van der Waals surface area contributed by atoms with Crippen LogP contribution in [-0.2, 0) is 6.54 Å². The number of hydrogen-bond donors (Lipinski definition) is 2. The standard InChI is InChI=1S/C19H18N6O/c1-26-15-8-2-12(3-9-15)10-25-19-16(18(21)22-11-23-19)17(24-25)13-4-6-14(20)7-5-13/h2-9,11H,10,20H2,1H3,(H2,21,22,23). The molecule has 0 atom stereocenters. The molecule has 0 saturated heterocycles. The summed E-state index contributed by atoms with van der Waals surface area (Å²) in [5.74, 6) is 1.22. The van der Waals surface area contributed by atoms with Crippen molar-refractivity contribution < 1.29 is 4.74 Å². The maximum Gasteiger partial charge on any atom is 0.164 e. The van der Waals surface area contributed by atoms with E-state index in [1.54, 1.807) is 7.11 Å². The highest BCUT2D eigenvalue weighted by atomic mass is 16.5. The third-order valence-corrected chi connectivity index (χ3v) is 4.23. The average Bonchev–Trinajstić information content (AvgIpc) is 3.03. The molecule has 2 aromatic carbocycles. The van der Waals surface area contributed by atoms with E-state index < -0.39 is 0 Å². The molecule has 0 aliphatic heterocycles. The summed E-state index contributed by atoms with van der Waals surface area (Å²) in [5, 5.41) is 5.49. The predicted molar refractivity (Wildman–Crippen MR) is 102 cm³/mol. The predicted octanol–water partition coefficient (Wildman–Crippen LogP) is 2.71. The van der Waals surface area contributed by atoms with E-state index in [1.807, 2.05) is 53.2 Å². The number of nitrogen functional groups attached to an aromatic ring is 2. The Bertz CT molecular complexity index is 1050. The van der Waals surface area contributed by atoms with Crippen LogP contribution in [0.25, 0.3) is 22.3 Å². The first-order chi connectivity index (χ1) is 12.7. The number of rotatable bonds is 4. The number of anilines is 2. The van der Waals surface area contributed by atoms with Crippen LogP contribution in [0.4, 0.5) is 11.5 Å². The Hall–Kier alpha value is -3.61. The van der Waals surface area contributed by atoms with E-state index in [0.717, 1.165) is 28.0 Å². The van der Waals surface area contributed by atoms with Crippen LogP contribution >= 0.6 is 0 Å². The van der Waals surface area contributed by atoms with Gasteiger partial charge in [0, 0.05) is 11.3 Å². The minimum Gasteiger partial charge on any atom is -0.497 e. The molecule has 4 aromatic rings. The average molecular weight is 346 g/mol. The van der Waals surface area contributed by atoms with Gasteiger partial charge >= 0.3 is 0 Å². The molecule has 7 heteroatoms. The zero-order valence-corrected chi connectivity index (χ0v) is 14.3. The zero-order valence-electron chi connectivity index (χ0n) is 14.3. The highest BCUT2D eigenvalue weighted by Gasteiger charge is 2.17. The Kier molecular flexibility index (Phi) is 3.89. The topological polar surface area (TPSA) is 105 Å². The molecule has 4 rings (SSSR count). The van der Waals surface area contributed by atoms with Crippen LogP contribution in [0.1, 0.15) is 5.56 Å². The van der Waals surface area contributed by atoms with E-state index in [2.05, 4.69) is 9.97 Å². The lowest BCUT2D eigenvalue weighted by molar-refractivity contribution is 0.414. The summed E-state index contributed by atoms with van der Waals surface area (Å²) in [6.07, 6.45) is 1.45. The fourth-order valence-corrected chi connectivity index (χ4v) is 2.89. The molecular formula is C19H18N6O. The first-order valence-corrected chi connectivity index (χ1v) is 8.11. The molecule has 0 radical (unpaired) electrons. The number of benzene rings is 2. The van der Waals surface area contributed by atoms with Gasteiger partial charge in [0.05, 0.1) is 19.0 Å². The molecule has 130 valence electrons. The zero-order chi connectivity index (χ0) is 18.1. The Morgan fingerprint density at radius 3 is 2.38 bits per heavy atom. The van der Waals surface area contributed by atoms with Crippen molar-refractivity contribution in [2.45, 2.75) is 6.54 Å². The fraction of sp³-hybridized carbons (Fsp3) is 0.105. The van der Waals surface area contributed by atoms with Gasteiger partial charge in [-0.25, -0.2) is 14.6 Å². The lowest BCUT2D eigenvalue weighted by Gasteiger charge is -2.05. The van der Waals surface area contributed by atoms with Gasteiger partial charge in [0.15, 0.2) is 5.65 Å². The molecule has 0 unspecified atom stereocenters. The maximum atomic E-state index is 6.12. The van der Waals surface area contributed by atoms with Gasteiger partial charge in [-0.1, -0.05) is 24.3 Å². The second-order valence-electron chi connectivity index (χ2n) is 5.93.